The molecule has 0 aliphatic rings. The summed E-state index contributed by atoms with van der Waals surface area (Å²) in [6.07, 6.45) is 1.45. The van der Waals surface area contributed by atoms with E-state index in [1.807, 2.05) is 30.3 Å². The quantitative estimate of drug-likeness (QED) is 0.501. The van der Waals surface area contributed by atoms with Crippen molar-refractivity contribution in [3.63, 3.8) is 0 Å². The third-order valence-electron chi connectivity index (χ3n) is 3.35. The summed E-state index contributed by atoms with van der Waals surface area (Å²) in [5.41, 5.74) is 3.89. The number of hydrogen-bond donors (Lipinski definition) is 2. The molecule has 0 saturated carbocycles. The van der Waals surface area contributed by atoms with Gasteiger partial charge in [0.1, 0.15) is 5.75 Å². The van der Waals surface area contributed by atoms with Crippen LogP contribution in [0.5, 0.6) is 5.75 Å². The summed E-state index contributed by atoms with van der Waals surface area (Å²) in [5, 5.41) is 6.39. The molecular formula is C18H19N3O3. The molecule has 2 aromatic rings. The number of rotatable bonds is 5. The number of benzene rings is 2. The van der Waals surface area contributed by atoms with Crippen LogP contribution in [0.2, 0.25) is 0 Å². The number of carbonyl (C=O) groups excluding carboxylic acids is 2. The van der Waals surface area contributed by atoms with Gasteiger partial charge in [-0.15, -0.1) is 0 Å². The standard InChI is InChI=1S/C18H19N3O3/c1-13(15-6-4-3-5-7-15)20-17(22)18(23)21-19-12-14-8-10-16(24-2)11-9-14/h3-13H,1-2H3,(H,20,22)(H,21,23)/t13-/m1/s1. The summed E-state index contributed by atoms with van der Waals surface area (Å²) in [6.45, 7) is 1.81. The predicted octanol–water partition coefficient (Wildman–Crippen LogP) is 2.02. The number of amides is 2. The molecule has 0 bridgehead atoms. The maximum Gasteiger partial charge on any atom is 0.329 e. The van der Waals surface area contributed by atoms with Crippen molar-refractivity contribution in [3.8, 4) is 5.75 Å². The molecule has 0 radical (unpaired) electrons. The maximum atomic E-state index is 11.8. The van der Waals surface area contributed by atoms with Crippen molar-refractivity contribution in [3.05, 3.63) is 65.7 Å². The fraction of sp³-hybridized carbons (Fsp3) is 0.167. The number of hydrazone groups is 1. The molecule has 0 heterocycles. The molecule has 0 aromatic heterocycles. The molecule has 0 aliphatic heterocycles. The second kappa shape index (κ2) is 8.47. The fourth-order valence-electron chi connectivity index (χ4n) is 1.99. The van der Waals surface area contributed by atoms with Crippen molar-refractivity contribution in [1.29, 1.82) is 0 Å². The molecular weight excluding hydrogens is 306 g/mol. The van der Waals surface area contributed by atoms with Crippen molar-refractivity contribution < 1.29 is 14.3 Å². The maximum absolute atomic E-state index is 11.8. The number of carbonyl (C=O) groups is 2. The van der Waals surface area contributed by atoms with Crippen LogP contribution in [0.1, 0.15) is 24.1 Å². The van der Waals surface area contributed by atoms with Gasteiger partial charge in [-0.05, 0) is 42.3 Å². The molecule has 0 saturated heterocycles. The number of nitrogens with zero attached hydrogens (tertiary/aromatic N) is 1. The zero-order chi connectivity index (χ0) is 17.4. The SMILES string of the molecule is COc1ccc(C=NNC(=O)C(=O)N[C@H](C)c2ccccc2)cc1. The first kappa shape index (κ1) is 17.2. The van der Waals surface area contributed by atoms with E-state index in [0.29, 0.717) is 0 Å². The lowest BCUT2D eigenvalue weighted by atomic mass is 10.1. The third-order valence-corrected chi connectivity index (χ3v) is 3.35. The molecule has 24 heavy (non-hydrogen) atoms. The average Bonchev–Trinajstić information content (AvgIpc) is 2.62. The highest BCUT2D eigenvalue weighted by atomic mass is 16.5. The molecule has 0 aliphatic carbocycles. The molecule has 2 aromatic carbocycles. The number of hydrogen-bond acceptors (Lipinski definition) is 4. The van der Waals surface area contributed by atoms with Crippen LogP contribution >= 0.6 is 0 Å². The van der Waals surface area contributed by atoms with Gasteiger partial charge < -0.3 is 10.1 Å². The summed E-state index contributed by atoms with van der Waals surface area (Å²) < 4.78 is 5.05. The molecule has 1 atom stereocenters. The van der Waals surface area contributed by atoms with Crippen molar-refractivity contribution in [2.75, 3.05) is 7.11 Å². The average molecular weight is 325 g/mol. The fourth-order valence-corrected chi connectivity index (χ4v) is 1.99. The van der Waals surface area contributed by atoms with Crippen LogP contribution in [0.3, 0.4) is 0 Å². The normalized spacial score (nSPS) is 11.8. The molecule has 0 spiro atoms. The third kappa shape index (κ3) is 4.95. The number of methoxy groups -OCH3 is 1. The summed E-state index contributed by atoms with van der Waals surface area (Å²) >= 11 is 0. The second-order valence-electron chi connectivity index (χ2n) is 5.08. The van der Waals surface area contributed by atoms with Gasteiger partial charge in [0.15, 0.2) is 0 Å². The Balaban J connectivity index is 1.84. The molecule has 124 valence electrons. The molecule has 6 nitrogen and oxygen atoms in total. The molecule has 2 N–H and O–H groups in total. The lowest BCUT2D eigenvalue weighted by molar-refractivity contribution is -0.139. The molecule has 2 rings (SSSR count). The Hall–Kier alpha value is -3.15. The summed E-state index contributed by atoms with van der Waals surface area (Å²) in [6, 6.07) is 16.2. The van der Waals surface area contributed by atoms with E-state index in [2.05, 4.69) is 15.8 Å². The smallest absolute Gasteiger partial charge is 0.329 e. The molecule has 0 fully saturated rings. The van der Waals surface area contributed by atoms with E-state index in [1.54, 1.807) is 38.3 Å². The summed E-state index contributed by atoms with van der Waals surface area (Å²) in [7, 11) is 1.58. The van der Waals surface area contributed by atoms with Crippen LogP contribution in [-0.4, -0.2) is 25.1 Å². The van der Waals surface area contributed by atoms with E-state index in [1.165, 1.54) is 6.21 Å². The first-order valence-corrected chi connectivity index (χ1v) is 7.43. The van der Waals surface area contributed by atoms with E-state index in [9.17, 15) is 9.59 Å². The van der Waals surface area contributed by atoms with Crippen LogP contribution in [0.4, 0.5) is 0 Å². The van der Waals surface area contributed by atoms with Gasteiger partial charge >= 0.3 is 11.8 Å². The predicted molar refractivity (Wildman–Crippen MR) is 91.7 cm³/mol. The van der Waals surface area contributed by atoms with Gasteiger partial charge in [0.05, 0.1) is 19.4 Å². The van der Waals surface area contributed by atoms with Crippen LogP contribution in [0.15, 0.2) is 59.7 Å². The van der Waals surface area contributed by atoms with E-state index >= 15 is 0 Å². The summed E-state index contributed by atoms with van der Waals surface area (Å²) in [5.74, 6) is -0.828. The minimum absolute atomic E-state index is 0.269. The topological polar surface area (TPSA) is 79.8 Å². The van der Waals surface area contributed by atoms with Crippen molar-refractivity contribution >= 4 is 18.0 Å². The Bertz CT molecular complexity index is 712. The second-order valence-corrected chi connectivity index (χ2v) is 5.08. The highest BCUT2D eigenvalue weighted by molar-refractivity contribution is 6.35. The molecule has 0 unspecified atom stereocenters. The van der Waals surface area contributed by atoms with E-state index in [0.717, 1.165) is 16.9 Å². The van der Waals surface area contributed by atoms with E-state index in [-0.39, 0.29) is 6.04 Å². The van der Waals surface area contributed by atoms with Gasteiger partial charge in [0.2, 0.25) is 0 Å². The first-order chi connectivity index (χ1) is 11.6. The van der Waals surface area contributed by atoms with Gasteiger partial charge in [0, 0.05) is 0 Å². The largest absolute Gasteiger partial charge is 0.497 e. The van der Waals surface area contributed by atoms with Gasteiger partial charge in [-0.25, -0.2) is 5.43 Å². The molecule has 2 amide bonds. The zero-order valence-corrected chi connectivity index (χ0v) is 13.5. The minimum atomic E-state index is -0.817. The summed E-state index contributed by atoms with van der Waals surface area (Å²) in [4.78, 5) is 23.6. The minimum Gasteiger partial charge on any atom is -0.497 e. The lowest BCUT2D eigenvalue weighted by Crippen LogP contribution is -2.39. The van der Waals surface area contributed by atoms with Crippen molar-refractivity contribution in [2.45, 2.75) is 13.0 Å². The number of ether oxygens (including phenoxy) is 1. The Labute approximate surface area is 140 Å². The van der Waals surface area contributed by atoms with Crippen LogP contribution < -0.4 is 15.5 Å². The van der Waals surface area contributed by atoms with E-state index < -0.39 is 11.8 Å². The lowest BCUT2D eigenvalue weighted by Gasteiger charge is -2.13. The number of nitrogens with one attached hydrogen (secondary N) is 2. The van der Waals surface area contributed by atoms with Gasteiger partial charge in [-0.1, -0.05) is 30.3 Å². The van der Waals surface area contributed by atoms with Gasteiger partial charge in [-0.2, -0.15) is 5.10 Å². The van der Waals surface area contributed by atoms with Gasteiger partial charge in [0.25, 0.3) is 0 Å². The Kier molecular flexibility index (Phi) is 6.08. The highest BCUT2D eigenvalue weighted by Gasteiger charge is 2.16. The zero-order valence-electron chi connectivity index (χ0n) is 13.5. The van der Waals surface area contributed by atoms with Crippen LogP contribution in [0, 0.1) is 0 Å². The molecule has 6 heteroatoms. The Morgan fingerprint density at radius 1 is 1.04 bits per heavy atom. The van der Waals surface area contributed by atoms with Crippen LogP contribution in [0.25, 0.3) is 0 Å². The Morgan fingerprint density at radius 3 is 2.33 bits per heavy atom. The Morgan fingerprint density at radius 2 is 1.71 bits per heavy atom. The van der Waals surface area contributed by atoms with E-state index in [4.69, 9.17) is 4.74 Å². The van der Waals surface area contributed by atoms with Crippen molar-refractivity contribution in [2.24, 2.45) is 5.10 Å². The van der Waals surface area contributed by atoms with Gasteiger partial charge in [-0.3, -0.25) is 9.59 Å². The van der Waals surface area contributed by atoms with Crippen LogP contribution in [-0.2, 0) is 9.59 Å². The first-order valence-electron chi connectivity index (χ1n) is 7.43. The highest BCUT2D eigenvalue weighted by Crippen LogP contribution is 2.11. The van der Waals surface area contributed by atoms with Crippen molar-refractivity contribution in [1.82, 2.24) is 10.7 Å². The monoisotopic (exact) mass is 325 g/mol.